The van der Waals surface area contributed by atoms with E-state index in [2.05, 4.69) is 63.1 Å². The highest BCUT2D eigenvalue weighted by Gasteiger charge is 2.25. The number of aromatic nitrogens is 10. The smallest absolute Gasteiger partial charge is 0.291 e. The van der Waals surface area contributed by atoms with Gasteiger partial charge in [-0.2, -0.15) is 0 Å². The van der Waals surface area contributed by atoms with E-state index in [1.54, 1.807) is 122 Å². The quantitative estimate of drug-likeness (QED) is 0.0250. The normalized spacial score (nSPS) is 11.2. The molecule has 0 bridgehead atoms. The number of ether oxygens (including phenoxy) is 2. The van der Waals surface area contributed by atoms with Crippen molar-refractivity contribution >= 4 is 93.5 Å². The molecule has 8 aromatic heterocycles. The second-order valence-corrected chi connectivity index (χ2v) is 24.2. The van der Waals surface area contributed by atoms with E-state index in [1.165, 1.54) is 54.9 Å². The van der Waals surface area contributed by atoms with Gasteiger partial charge in [0.2, 0.25) is 23.5 Å². The van der Waals surface area contributed by atoms with Crippen LogP contribution in [0.3, 0.4) is 0 Å². The van der Waals surface area contributed by atoms with Crippen LogP contribution in [0.25, 0.3) is 0 Å². The lowest BCUT2D eigenvalue weighted by molar-refractivity contribution is -0.121. The van der Waals surface area contributed by atoms with Gasteiger partial charge >= 0.3 is 0 Å². The van der Waals surface area contributed by atoms with Gasteiger partial charge < -0.3 is 109 Å². The molecule has 0 aliphatic heterocycles. The van der Waals surface area contributed by atoms with Crippen LogP contribution in [-0.2, 0) is 74.4 Å². The lowest BCUT2D eigenvalue weighted by atomic mass is 10.3. The zero-order valence-electron chi connectivity index (χ0n) is 57.8. The zero-order chi connectivity index (χ0) is 72.2. The maximum atomic E-state index is 14.2. The summed E-state index contributed by atoms with van der Waals surface area (Å²) in [6.07, 6.45) is 14.4. The molecule has 534 valence electrons. The molecular weight excluding hydrogens is 1290 g/mol. The molecule has 10 N–H and O–H groups in total. The Hall–Kier alpha value is -11.4. The van der Waals surface area contributed by atoms with E-state index in [9.17, 15) is 47.9 Å². The number of rotatable bonds is 37. The van der Waals surface area contributed by atoms with Crippen LogP contribution >= 0.6 is 0 Å². The van der Waals surface area contributed by atoms with Gasteiger partial charge in [0.05, 0.1) is 49.2 Å². The Labute approximate surface area is 577 Å². The average molecular weight is 1380 g/mol. The summed E-state index contributed by atoms with van der Waals surface area (Å²) in [5, 5.41) is 27.9. The molecule has 0 aliphatic rings. The Morgan fingerprint density at radius 2 is 0.740 bits per heavy atom. The van der Waals surface area contributed by atoms with Crippen molar-refractivity contribution in [2.24, 2.45) is 42.3 Å². The standard InChI is InChI=1S/C66H88N22O12/c1-79(2)23-13-19-67-55(89)17-21-69-59(91)49-33-43(37-83(49)7)71-63(95)51-35-45(73-65(97)57-75-53(41-85(57)9)77-61(93)47-15-11-25-81(47)5)39-87(51)27-29-99-31-32-100-30-28-88-40-46(74-66(98)58-76-54(42-86(58)10)78-62(94)48-16-12-26-82(48)6)36-52(88)64(96)72-44-34-50(84(8)38-44)60(92)70-22-18-56(90)68-20-14-24-80(3)4/h11-12,15-16,25-26,33-42H,13-14,17-24,27-32H2,1-10H3,(H,67,89)(H,68,90)(H,69,91)(H,70,92)(H,71,95)(H,72,96)(H,73,97)(H,74,98)(H,77,93)(H,78,94). The average Bonchev–Trinajstić information content (AvgIpc) is 1.66. The molecule has 0 spiro atoms. The first-order valence-corrected chi connectivity index (χ1v) is 32.3. The summed E-state index contributed by atoms with van der Waals surface area (Å²) in [4.78, 5) is 146. The second-order valence-electron chi connectivity index (χ2n) is 24.2. The molecular formula is C66H88N22O12. The molecule has 0 saturated heterocycles. The van der Waals surface area contributed by atoms with Crippen LogP contribution < -0.4 is 53.2 Å². The maximum Gasteiger partial charge on any atom is 0.291 e. The van der Waals surface area contributed by atoms with Crippen molar-refractivity contribution in [2.45, 2.75) is 38.8 Å². The number of hydrogen-bond acceptors (Lipinski definition) is 16. The summed E-state index contributed by atoms with van der Waals surface area (Å²) >= 11 is 0. The van der Waals surface area contributed by atoms with Gasteiger partial charge in [-0.1, -0.05) is 0 Å². The molecule has 0 aromatic carbocycles. The number of nitrogens with one attached hydrogen (secondary N) is 10. The van der Waals surface area contributed by atoms with Gasteiger partial charge in [-0.05, 0) is 103 Å². The van der Waals surface area contributed by atoms with Gasteiger partial charge in [0.1, 0.15) is 34.2 Å². The van der Waals surface area contributed by atoms with Crippen LogP contribution in [0.4, 0.5) is 34.4 Å². The number of carbonyl (C=O) groups excluding carboxylic acids is 10. The van der Waals surface area contributed by atoms with Crippen molar-refractivity contribution in [1.29, 1.82) is 0 Å². The lowest BCUT2D eigenvalue weighted by Gasteiger charge is -2.11. The van der Waals surface area contributed by atoms with Gasteiger partial charge in [-0.3, -0.25) is 47.9 Å². The third-order valence-electron chi connectivity index (χ3n) is 15.6. The van der Waals surface area contributed by atoms with Gasteiger partial charge in [0.25, 0.3) is 47.3 Å². The Morgan fingerprint density at radius 1 is 0.380 bits per heavy atom. The van der Waals surface area contributed by atoms with Crippen molar-refractivity contribution in [3.8, 4) is 0 Å². The molecule has 0 atom stereocenters. The molecule has 0 unspecified atom stereocenters. The third-order valence-corrected chi connectivity index (χ3v) is 15.6. The number of aryl methyl sites for hydroxylation is 6. The van der Waals surface area contributed by atoms with Crippen LogP contribution in [0.2, 0.25) is 0 Å². The molecule has 8 heterocycles. The SMILES string of the molecule is CN(C)CCCNC(=O)CCNC(=O)c1cc(NC(=O)c2cc(NC(=O)c3nc(NC(=O)c4cccn4C)cn3C)cn2CCOCCOCCn2cc(NC(=O)c3nc(NC(=O)c4cccn4C)cn3C)cc2C(=O)Nc2cc(C(=O)NCCC(=O)NCCCN(C)C)n(C)c2)cn1C. The molecule has 10 amide bonds. The van der Waals surface area contributed by atoms with Gasteiger partial charge in [0, 0.05) is 144 Å². The first-order valence-electron chi connectivity index (χ1n) is 32.3. The van der Waals surface area contributed by atoms with Crippen molar-refractivity contribution < 1.29 is 57.4 Å². The molecule has 34 nitrogen and oxygen atoms in total. The number of anilines is 6. The van der Waals surface area contributed by atoms with E-state index in [0.717, 1.165) is 25.9 Å². The van der Waals surface area contributed by atoms with E-state index in [1.807, 2.05) is 38.0 Å². The van der Waals surface area contributed by atoms with Crippen LogP contribution in [0, 0.1) is 0 Å². The Bertz CT molecular complexity index is 3960. The first kappa shape index (κ1) is 74.4. The van der Waals surface area contributed by atoms with Crippen LogP contribution in [0.5, 0.6) is 0 Å². The van der Waals surface area contributed by atoms with Gasteiger partial charge in [-0.15, -0.1) is 0 Å². The monoisotopic (exact) mass is 1380 g/mol. The second kappa shape index (κ2) is 35.2. The fraction of sp³-hybridized carbons (Fsp3) is 0.394. The van der Waals surface area contributed by atoms with Crippen molar-refractivity contribution in [3.63, 3.8) is 0 Å². The van der Waals surface area contributed by atoms with E-state index in [0.29, 0.717) is 24.5 Å². The van der Waals surface area contributed by atoms with Crippen molar-refractivity contribution in [1.82, 2.24) is 77.6 Å². The summed E-state index contributed by atoms with van der Waals surface area (Å²) in [6.45, 7) is 3.31. The fourth-order valence-corrected chi connectivity index (χ4v) is 10.5. The maximum absolute atomic E-state index is 14.2. The first-order chi connectivity index (χ1) is 47.8. The number of nitrogens with zero attached hydrogens (tertiary/aromatic N) is 12. The molecule has 100 heavy (non-hydrogen) atoms. The van der Waals surface area contributed by atoms with Crippen LogP contribution in [0.15, 0.2) is 98.1 Å². The fourth-order valence-electron chi connectivity index (χ4n) is 10.5. The number of carbonyl (C=O) groups is 10. The van der Waals surface area contributed by atoms with E-state index in [-0.39, 0.29) is 146 Å². The minimum atomic E-state index is -0.646. The van der Waals surface area contributed by atoms with Gasteiger partial charge in [0.15, 0.2) is 11.6 Å². The molecule has 0 fully saturated rings. The highest BCUT2D eigenvalue weighted by Crippen LogP contribution is 2.23. The number of hydrogen-bond donors (Lipinski definition) is 10. The molecule has 8 aromatic rings. The molecule has 0 aliphatic carbocycles. The Balaban J connectivity index is 0.901. The molecule has 0 saturated carbocycles. The van der Waals surface area contributed by atoms with Crippen LogP contribution in [0.1, 0.15) is 110 Å². The highest BCUT2D eigenvalue weighted by molar-refractivity contribution is 6.09. The zero-order valence-corrected chi connectivity index (χ0v) is 57.8. The predicted octanol–water partition coefficient (Wildman–Crippen LogP) is 2.73. The minimum absolute atomic E-state index is 0.0438. The number of amides is 10. The summed E-state index contributed by atoms with van der Waals surface area (Å²) in [7, 11) is 17.7. The summed E-state index contributed by atoms with van der Waals surface area (Å²) < 4.78 is 24.4. The highest BCUT2D eigenvalue weighted by atomic mass is 16.5. The summed E-state index contributed by atoms with van der Waals surface area (Å²) in [6, 6.07) is 12.6. The van der Waals surface area contributed by atoms with Crippen LogP contribution in [-0.4, -0.2) is 209 Å². The molecule has 8 rings (SSSR count). The lowest BCUT2D eigenvalue weighted by Crippen LogP contribution is -2.32. The number of imidazole rings is 2. The van der Waals surface area contributed by atoms with Crippen molar-refractivity contribution in [3.05, 3.63) is 144 Å². The Kier molecular flexibility index (Phi) is 26.2. The predicted molar refractivity (Wildman–Crippen MR) is 373 cm³/mol. The molecule has 0 radical (unpaired) electrons. The Morgan fingerprint density at radius 3 is 1.11 bits per heavy atom. The van der Waals surface area contributed by atoms with Crippen molar-refractivity contribution in [2.75, 3.05) is 126 Å². The third kappa shape index (κ3) is 21.1. The summed E-state index contributed by atoms with van der Waals surface area (Å²) in [5.41, 5.74) is 2.42. The van der Waals surface area contributed by atoms with E-state index in [4.69, 9.17) is 9.47 Å². The topological polar surface area (TPSA) is 381 Å². The largest absolute Gasteiger partial charge is 0.377 e. The minimum Gasteiger partial charge on any atom is -0.377 e. The van der Waals surface area contributed by atoms with E-state index < -0.39 is 47.3 Å². The van der Waals surface area contributed by atoms with Gasteiger partial charge in [-0.25, -0.2) is 9.97 Å². The molecule has 34 heteroatoms. The summed E-state index contributed by atoms with van der Waals surface area (Å²) in [5.74, 6) is -4.47. The van der Waals surface area contributed by atoms with E-state index >= 15 is 0 Å².